The lowest BCUT2D eigenvalue weighted by atomic mass is 10.1. The average Bonchev–Trinajstić information content (AvgIpc) is 3.63. The number of benzene rings is 1. The van der Waals surface area contributed by atoms with Crippen LogP contribution in [0.4, 0.5) is 10.8 Å². The Bertz CT molecular complexity index is 1320. The van der Waals surface area contributed by atoms with Crippen LogP contribution >= 0.6 is 23.1 Å². The molecular weight excluding hydrogens is 522 g/mol. The van der Waals surface area contributed by atoms with E-state index in [1.54, 1.807) is 16.7 Å². The molecule has 2 saturated heterocycles. The summed E-state index contributed by atoms with van der Waals surface area (Å²) in [4.78, 5) is 34.7. The van der Waals surface area contributed by atoms with Crippen LogP contribution in [0.5, 0.6) is 0 Å². The number of fused-ring (bicyclic) bond motifs is 1. The first kappa shape index (κ1) is 26.5. The highest BCUT2D eigenvalue weighted by atomic mass is 32.2. The number of thioether (sulfide) groups is 1. The minimum absolute atomic E-state index is 0.0236. The zero-order valence-corrected chi connectivity index (χ0v) is 23.4. The summed E-state index contributed by atoms with van der Waals surface area (Å²) in [6.45, 7) is 6.24. The molecule has 0 aliphatic carbocycles. The van der Waals surface area contributed by atoms with Crippen molar-refractivity contribution in [2.24, 2.45) is 4.99 Å². The van der Waals surface area contributed by atoms with Crippen molar-refractivity contribution in [2.45, 2.75) is 56.3 Å². The molecule has 5 rings (SSSR count). The molecule has 0 spiro atoms. The van der Waals surface area contributed by atoms with Gasteiger partial charge in [-0.15, -0.1) is 10.2 Å². The van der Waals surface area contributed by atoms with Gasteiger partial charge in [-0.25, -0.2) is 4.99 Å². The van der Waals surface area contributed by atoms with Gasteiger partial charge in [-0.1, -0.05) is 30.0 Å². The van der Waals surface area contributed by atoms with Crippen LogP contribution in [0.15, 0.2) is 38.0 Å². The van der Waals surface area contributed by atoms with Gasteiger partial charge in [-0.2, -0.15) is 0 Å². The number of aliphatic imine (C=N–C) groups is 1. The molecule has 2 aromatic heterocycles. The molecule has 2 aliphatic heterocycles. The van der Waals surface area contributed by atoms with Crippen molar-refractivity contribution >= 4 is 62.7 Å². The number of guanidine groups is 1. The SMILES string of the molecule is CCSc1nnc(NC(=NC2CCCCN(CC(=O)N3CCCC3)C2=O)Nc2ccc3oc(C)cc3c2)s1. The summed E-state index contributed by atoms with van der Waals surface area (Å²) in [5, 5.41) is 16.6. The number of aryl methyl sites for hydroxylation is 1. The average molecular weight is 556 g/mol. The second kappa shape index (κ2) is 12.2. The smallest absolute Gasteiger partial charge is 0.247 e. The molecule has 2 fully saturated rings. The molecule has 0 saturated carbocycles. The predicted molar refractivity (Wildman–Crippen MR) is 152 cm³/mol. The van der Waals surface area contributed by atoms with Gasteiger partial charge in [-0.3, -0.25) is 9.59 Å². The molecule has 0 radical (unpaired) electrons. The Morgan fingerprint density at radius 3 is 2.79 bits per heavy atom. The number of carbonyl (C=O) groups is 2. The Kier molecular flexibility index (Phi) is 8.48. The van der Waals surface area contributed by atoms with E-state index >= 15 is 0 Å². The van der Waals surface area contributed by atoms with Crippen molar-refractivity contribution < 1.29 is 14.0 Å². The van der Waals surface area contributed by atoms with Crippen LogP contribution in [0.2, 0.25) is 0 Å². The van der Waals surface area contributed by atoms with Gasteiger partial charge in [0.1, 0.15) is 17.4 Å². The minimum Gasteiger partial charge on any atom is -0.461 e. The van der Waals surface area contributed by atoms with E-state index < -0.39 is 6.04 Å². The number of carbonyl (C=O) groups excluding carboxylic acids is 2. The molecule has 4 heterocycles. The van der Waals surface area contributed by atoms with E-state index in [4.69, 9.17) is 9.41 Å². The summed E-state index contributed by atoms with van der Waals surface area (Å²) < 4.78 is 6.57. The van der Waals surface area contributed by atoms with Crippen LogP contribution < -0.4 is 10.6 Å². The van der Waals surface area contributed by atoms with Crippen LogP contribution in [0.1, 0.15) is 44.8 Å². The molecule has 3 aromatic rings. The van der Waals surface area contributed by atoms with E-state index in [1.807, 2.05) is 36.1 Å². The van der Waals surface area contributed by atoms with Crippen LogP contribution in [-0.2, 0) is 9.59 Å². The maximum absolute atomic E-state index is 13.6. The monoisotopic (exact) mass is 555 g/mol. The summed E-state index contributed by atoms with van der Waals surface area (Å²) in [7, 11) is 0. The largest absolute Gasteiger partial charge is 0.461 e. The number of aromatic nitrogens is 2. The van der Waals surface area contributed by atoms with E-state index in [0.29, 0.717) is 24.1 Å². The summed E-state index contributed by atoms with van der Waals surface area (Å²) in [5.74, 6) is 2.07. The normalized spacial score (nSPS) is 18.7. The molecule has 10 nitrogen and oxygen atoms in total. The molecule has 1 unspecified atom stereocenters. The fraction of sp³-hybridized carbons (Fsp3) is 0.500. The molecule has 38 heavy (non-hydrogen) atoms. The van der Waals surface area contributed by atoms with Crippen LogP contribution in [0.3, 0.4) is 0 Å². The number of rotatable bonds is 7. The highest BCUT2D eigenvalue weighted by molar-refractivity contribution is 8.01. The van der Waals surface area contributed by atoms with Gasteiger partial charge in [0.2, 0.25) is 22.9 Å². The number of anilines is 2. The predicted octanol–water partition coefficient (Wildman–Crippen LogP) is 4.59. The topological polar surface area (TPSA) is 116 Å². The fourth-order valence-corrected chi connectivity index (χ4v) is 6.42. The third-order valence-corrected chi connectivity index (χ3v) is 8.48. The summed E-state index contributed by atoms with van der Waals surface area (Å²) in [5.41, 5.74) is 1.61. The standard InChI is InChI=1S/C26H33N7O3S2/c1-3-37-26-31-30-25(38-26)29-24(27-19-9-10-21-18(15-19)14-17(2)36-21)28-20-8-4-5-13-33(23(20)35)16-22(34)32-11-6-7-12-32/h9-10,14-15,20H,3-8,11-13,16H2,1-2H3,(H2,27,28,29,30). The second-order valence-electron chi connectivity index (χ2n) is 9.50. The maximum atomic E-state index is 13.6. The van der Waals surface area contributed by atoms with E-state index in [2.05, 4.69) is 27.8 Å². The molecule has 0 bridgehead atoms. The lowest BCUT2D eigenvalue weighted by Crippen LogP contribution is -2.45. The third kappa shape index (κ3) is 6.47. The molecule has 1 atom stereocenters. The molecule has 1 aromatic carbocycles. The number of hydrogen-bond acceptors (Lipinski definition) is 8. The van der Waals surface area contributed by atoms with Gasteiger partial charge >= 0.3 is 0 Å². The van der Waals surface area contributed by atoms with Gasteiger partial charge < -0.3 is 24.9 Å². The van der Waals surface area contributed by atoms with Gasteiger partial charge in [0.15, 0.2) is 4.34 Å². The van der Waals surface area contributed by atoms with Crippen molar-refractivity contribution in [3.8, 4) is 0 Å². The molecular formula is C26H33N7O3S2. The molecule has 2 N–H and O–H groups in total. The van der Waals surface area contributed by atoms with Gasteiger partial charge in [0.05, 0.1) is 6.54 Å². The lowest BCUT2D eigenvalue weighted by Gasteiger charge is -2.25. The minimum atomic E-state index is -0.601. The first-order chi connectivity index (χ1) is 18.5. The second-order valence-corrected chi connectivity index (χ2v) is 12.0. The quantitative estimate of drug-likeness (QED) is 0.247. The van der Waals surface area contributed by atoms with E-state index in [-0.39, 0.29) is 18.4 Å². The Morgan fingerprint density at radius 2 is 1.97 bits per heavy atom. The zero-order chi connectivity index (χ0) is 26.5. The summed E-state index contributed by atoms with van der Waals surface area (Å²) >= 11 is 3.06. The first-order valence-electron chi connectivity index (χ1n) is 13.1. The van der Waals surface area contributed by atoms with Crippen LogP contribution in [0.25, 0.3) is 11.0 Å². The van der Waals surface area contributed by atoms with Crippen LogP contribution in [-0.4, -0.2) is 75.7 Å². The molecule has 2 aliphatic rings. The van der Waals surface area contributed by atoms with E-state index in [9.17, 15) is 9.59 Å². The number of furan rings is 1. The number of amides is 2. The van der Waals surface area contributed by atoms with Crippen LogP contribution in [0, 0.1) is 6.92 Å². The lowest BCUT2D eigenvalue weighted by molar-refractivity contribution is -0.140. The summed E-state index contributed by atoms with van der Waals surface area (Å²) in [6.07, 6.45) is 4.39. The highest BCUT2D eigenvalue weighted by Gasteiger charge is 2.30. The van der Waals surface area contributed by atoms with E-state index in [1.165, 1.54) is 11.3 Å². The number of hydrogen-bond donors (Lipinski definition) is 2. The Hall–Kier alpha value is -3.12. The van der Waals surface area contributed by atoms with Crippen molar-refractivity contribution in [1.82, 2.24) is 20.0 Å². The van der Waals surface area contributed by atoms with Gasteiger partial charge in [-0.05, 0) is 69.0 Å². The maximum Gasteiger partial charge on any atom is 0.247 e. The van der Waals surface area contributed by atoms with Crippen molar-refractivity contribution in [3.05, 3.63) is 30.0 Å². The Morgan fingerprint density at radius 1 is 1.16 bits per heavy atom. The number of nitrogens with one attached hydrogen (secondary N) is 2. The third-order valence-electron chi connectivity index (χ3n) is 6.62. The Balaban J connectivity index is 1.38. The van der Waals surface area contributed by atoms with Gasteiger partial charge in [0.25, 0.3) is 0 Å². The summed E-state index contributed by atoms with van der Waals surface area (Å²) in [6, 6.07) is 7.18. The Labute approximate surface area is 230 Å². The fourth-order valence-electron chi connectivity index (χ4n) is 4.78. The molecule has 202 valence electrons. The molecule has 2 amide bonds. The van der Waals surface area contributed by atoms with Crippen molar-refractivity contribution in [3.63, 3.8) is 0 Å². The molecule has 12 heteroatoms. The highest BCUT2D eigenvalue weighted by Crippen LogP contribution is 2.27. The first-order valence-corrected chi connectivity index (χ1v) is 14.9. The van der Waals surface area contributed by atoms with Crippen molar-refractivity contribution in [2.75, 3.05) is 42.6 Å². The zero-order valence-electron chi connectivity index (χ0n) is 21.7. The number of nitrogens with zero attached hydrogens (tertiary/aromatic N) is 5. The van der Waals surface area contributed by atoms with Crippen molar-refractivity contribution in [1.29, 1.82) is 0 Å². The van der Waals surface area contributed by atoms with Gasteiger partial charge in [0, 0.05) is 30.7 Å². The number of likely N-dealkylation sites (tertiary alicyclic amines) is 2. The van der Waals surface area contributed by atoms with E-state index in [0.717, 1.165) is 71.3 Å².